The lowest BCUT2D eigenvalue weighted by atomic mass is 10.2. The molecule has 0 aliphatic rings. The zero-order valence-corrected chi connectivity index (χ0v) is 17.7. The van der Waals surface area contributed by atoms with Crippen LogP contribution in [0, 0.1) is 24.0 Å². The standard InChI is InChI=1S/C23H18N4O3S/c1-15-6-9-17(10-7-15)14-24-26(22(28)18-4-3-5-19(13-18)27(29)30)23-25-20-11-8-16(2)12-21(20)31-23/h3-14H,1-2H3/b24-14+. The molecule has 4 aromatic rings. The molecule has 0 saturated heterocycles. The van der Waals surface area contributed by atoms with E-state index in [2.05, 4.69) is 10.1 Å². The average Bonchev–Trinajstić information content (AvgIpc) is 3.18. The maximum Gasteiger partial charge on any atom is 0.281 e. The van der Waals surface area contributed by atoms with Gasteiger partial charge in [0.2, 0.25) is 5.13 Å². The summed E-state index contributed by atoms with van der Waals surface area (Å²) in [5, 5.41) is 17.1. The third kappa shape index (κ3) is 4.49. The maximum atomic E-state index is 13.3. The highest BCUT2D eigenvalue weighted by molar-refractivity contribution is 7.22. The smallest absolute Gasteiger partial charge is 0.267 e. The zero-order chi connectivity index (χ0) is 22.0. The largest absolute Gasteiger partial charge is 0.281 e. The summed E-state index contributed by atoms with van der Waals surface area (Å²) in [6.07, 6.45) is 1.58. The number of benzene rings is 3. The molecule has 7 nitrogen and oxygen atoms in total. The minimum absolute atomic E-state index is 0.158. The molecule has 1 amide bonds. The van der Waals surface area contributed by atoms with Crippen molar-refractivity contribution in [3.63, 3.8) is 0 Å². The van der Waals surface area contributed by atoms with Crippen molar-refractivity contribution in [1.82, 2.24) is 4.98 Å². The second-order valence-electron chi connectivity index (χ2n) is 7.05. The van der Waals surface area contributed by atoms with Crippen molar-refractivity contribution < 1.29 is 9.72 Å². The molecule has 0 atom stereocenters. The Morgan fingerprint density at radius 2 is 1.81 bits per heavy atom. The molecule has 0 radical (unpaired) electrons. The van der Waals surface area contributed by atoms with E-state index in [9.17, 15) is 14.9 Å². The number of hydrogen-bond donors (Lipinski definition) is 0. The van der Waals surface area contributed by atoms with E-state index >= 15 is 0 Å². The molecule has 0 bridgehead atoms. The van der Waals surface area contributed by atoms with E-state index in [0.717, 1.165) is 26.9 Å². The lowest BCUT2D eigenvalue weighted by Gasteiger charge is -2.13. The highest BCUT2D eigenvalue weighted by Crippen LogP contribution is 2.31. The second-order valence-corrected chi connectivity index (χ2v) is 8.06. The number of nitro groups is 1. The van der Waals surface area contributed by atoms with Gasteiger partial charge in [0.05, 0.1) is 21.4 Å². The van der Waals surface area contributed by atoms with E-state index in [1.807, 2.05) is 56.3 Å². The van der Waals surface area contributed by atoms with Crippen LogP contribution in [-0.4, -0.2) is 22.0 Å². The number of anilines is 1. The van der Waals surface area contributed by atoms with Gasteiger partial charge < -0.3 is 0 Å². The van der Waals surface area contributed by atoms with Crippen LogP contribution in [-0.2, 0) is 0 Å². The maximum absolute atomic E-state index is 13.3. The van der Waals surface area contributed by atoms with Gasteiger partial charge in [-0.1, -0.05) is 53.3 Å². The van der Waals surface area contributed by atoms with Gasteiger partial charge in [-0.05, 0) is 43.2 Å². The fourth-order valence-electron chi connectivity index (χ4n) is 2.95. The highest BCUT2D eigenvalue weighted by Gasteiger charge is 2.22. The summed E-state index contributed by atoms with van der Waals surface area (Å²) >= 11 is 1.34. The van der Waals surface area contributed by atoms with Crippen LogP contribution in [0.4, 0.5) is 10.8 Å². The van der Waals surface area contributed by atoms with Crippen LogP contribution in [0.2, 0.25) is 0 Å². The lowest BCUT2D eigenvalue weighted by molar-refractivity contribution is -0.384. The molecule has 0 saturated carbocycles. The van der Waals surface area contributed by atoms with Crippen molar-refractivity contribution in [3.05, 3.63) is 99.1 Å². The van der Waals surface area contributed by atoms with Gasteiger partial charge in [-0.15, -0.1) is 0 Å². The first-order chi connectivity index (χ1) is 14.9. The Bertz CT molecular complexity index is 1310. The Labute approximate surface area is 182 Å². The number of carbonyl (C=O) groups is 1. The van der Waals surface area contributed by atoms with Crippen molar-refractivity contribution in [1.29, 1.82) is 0 Å². The van der Waals surface area contributed by atoms with Crippen molar-refractivity contribution in [2.75, 3.05) is 5.01 Å². The summed E-state index contributed by atoms with van der Waals surface area (Å²) in [6.45, 7) is 3.97. The number of aryl methyl sites for hydroxylation is 2. The number of aromatic nitrogens is 1. The number of amides is 1. The predicted molar refractivity (Wildman–Crippen MR) is 123 cm³/mol. The fraction of sp³-hybridized carbons (Fsp3) is 0.0870. The van der Waals surface area contributed by atoms with E-state index < -0.39 is 10.8 Å². The Morgan fingerprint density at radius 3 is 2.55 bits per heavy atom. The quantitative estimate of drug-likeness (QED) is 0.237. The zero-order valence-electron chi connectivity index (χ0n) is 16.9. The molecule has 154 valence electrons. The molecule has 0 N–H and O–H groups in total. The summed E-state index contributed by atoms with van der Waals surface area (Å²) in [4.78, 5) is 28.5. The van der Waals surface area contributed by atoms with Crippen LogP contribution < -0.4 is 5.01 Å². The molecule has 4 rings (SSSR count). The summed E-state index contributed by atoms with van der Waals surface area (Å²) in [6, 6.07) is 19.1. The van der Waals surface area contributed by atoms with Gasteiger partial charge in [-0.2, -0.15) is 10.1 Å². The molecule has 3 aromatic carbocycles. The highest BCUT2D eigenvalue weighted by atomic mass is 32.1. The van der Waals surface area contributed by atoms with Crippen LogP contribution in [0.1, 0.15) is 27.0 Å². The number of hydrazone groups is 1. The molecule has 1 aromatic heterocycles. The van der Waals surface area contributed by atoms with E-state index in [4.69, 9.17) is 0 Å². The molecule has 0 unspecified atom stereocenters. The number of rotatable bonds is 5. The SMILES string of the molecule is Cc1ccc(/C=N/N(C(=O)c2cccc([N+](=O)[O-])c2)c2nc3ccc(C)cc3s2)cc1. The van der Waals surface area contributed by atoms with Gasteiger partial charge in [0.25, 0.3) is 11.6 Å². The van der Waals surface area contributed by atoms with Gasteiger partial charge >= 0.3 is 0 Å². The molecular weight excluding hydrogens is 412 g/mol. The molecule has 31 heavy (non-hydrogen) atoms. The number of thiazole rings is 1. The second kappa shape index (κ2) is 8.45. The minimum atomic E-state index is -0.531. The van der Waals surface area contributed by atoms with E-state index in [1.165, 1.54) is 40.6 Å². The Morgan fingerprint density at radius 1 is 1.06 bits per heavy atom. The van der Waals surface area contributed by atoms with Gasteiger partial charge in [0, 0.05) is 17.7 Å². The molecule has 0 aliphatic heterocycles. The van der Waals surface area contributed by atoms with Gasteiger partial charge in [0.15, 0.2) is 0 Å². The molecule has 1 heterocycles. The fourth-order valence-corrected chi connectivity index (χ4v) is 3.97. The minimum Gasteiger partial charge on any atom is -0.267 e. The number of nitro benzene ring substituents is 1. The summed E-state index contributed by atoms with van der Waals surface area (Å²) in [7, 11) is 0. The molecule has 0 fully saturated rings. The van der Waals surface area contributed by atoms with E-state index in [1.54, 1.807) is 6.21 Å². The number of carbonyl (C=O) groups excluding carboxylic acids is 1. The van der Waals surface area contributed by atoms with Crippen LogP contribution in [0.25, 0.3) is 10.2 Å². The number of non-ortho nitro benzene ring substituents is 1. The first kappa shape index (κ1) is 20.4. The predicted octanol–water partition coefficient (Wildman–Crippen LogP) is 5.50. The number of fused-ring (bicyclic) bond motifs is 1. The first-order valence-electron chi connectivity index (χ1n) is 9.47. The van der Waals surface area contributed by atoms with Crippen molar-refractivity contribution in [3.8, 4) is 0 Å². The van der Waals surface area contributed by atoms with Crippen LogP contribution >= 0.6 is 11.3 Å². The third-order valence-electron chi connectivity index (χ3n) is 4.61. The summed E-state index contributed by atoms with van der Waals surface area (Å²) in [5.74, 6) is -0.497. The first-order valence-corrected chi connectivity index (χ1v) is 10.3. The van der Waals surface area contributed by atoms with Crippen LogP contribution in [0.5, 0.6) is 0 Å². The van der Waals surface area contributed by atoms with Crippen molar-refractivity contribution in [2.45, 2.75) is 13.8 Å². The summed E-state index contributed by atoms with van der Waals surface area (Å²) < 4.78 is 0.928. The third-order valence-corrected chi connectivity index (χ3v) is 5.60. The average molecular weight is 430 g/mol. The Kier molecular flexibility index (Phi) is 5.55. The van der Waals surface area contributed by atoms with Gasteiger partial charge in [-0.3, -0.25) is 14.9 Å². The van der Waals surface area contributed by atoms with Crippen LogP contribution in [0.15, 0.2) is 71.8 Å². The van der Waals surface area contributed by atoms with Crippen molar-refractivity contribution in [2.24, 2.45) is 5.10 Å². The summed E-state index contributed by atoms with van der Waals surface area (Å²) in [5.41, 5.74) is 3.77. The van der Waals surface area contributed by atoms with Crippen LogP contribution in [0.3, 0.4) is 0 Å². The molecule has 0 spiro atoms. The number of hydrogen-bond acceptors (Lipinski definition) is 6. The lowest BCUT2D eigenvalue weighted by Crippen LogP contribution is -2.25. The van der Waals surface area contributed by atoms with Gasteiger partial charge in [-0.25, -0.2) is 4.98 Å². The topological polar surface area (TPSA) is 88.7 Å². The van der Waals surface area contributed by atoms with E-state index in [0.29, 0.717) is 5.13 Å². The normalized spacial score (nSPS) is 11.2. The molecule has 8 heteroatoms. The molecular formula is C23H18N4O3S. The monoisotopic (exact) mass is 430 g/mol. The number of nitrogens with zero attached hydrogens (tertiary/aromatic N) is 4. The van der Waals surface area contributed by atoms with E-state index in [-0.39, 0.29) is 11.3 Å². The molecule has 0 aliphatic carbocycles. The Balaban J connectivity index is 1.77. The van der Waals surface area contributed by atoms with Gasteiger partial charge in [0.1, 0.15) is 0 Å². The Hall–Kier alpha value is -3.91. The van der Waals surface area contributed by atoms with Crippen molar-refractivity contribution >= 4 is 44.5 Å².